The minimum atomic E-state index is -3.26. The second-order valence-electron chi connectivity index (χ2n) is 23.5. The van der Waals surface area contributed by atoms with Crippen molar-refractivity contribution in [1.29, 1.82) is 0 Å². The number of azide groups is 1. The lowest BCUT2D eigenvalue weighted by molar-refractivity contribution is -0.279. The third kappa shape index (κ3) is 14.3. The Balaban J connectivity index is 2.02. The first-order valence-corrected chi connectivity index (χ1v) is 32.0. The lowest BCUT2D eigenvalue weighted by Crippen LogP contribution is -2.71. The van der Waals surface area contributed by atoms with Gasteiger partial charge < -0.3 is 52.5 Å². The van der Waals surface area contributed by atoms with Gasteiger partial charge in [-0.1, -0.05) is 140 Å². The van der Waals surface area contributed by atoms with Crippen LogP contribution in [0.25, 0.3) is 10.4 Å². The van der Waals surface area contributed by atoms with Gasteiger partial charge in [-0.2, -0.15) is 0 Å². The summed E-state index contributed by atoms with van der Waals surface area (Å²) in [5, 5.41) is 32.5. The molecule has 0 aromatic heterocycles. The first-order valence-electron chi connectivity index (χ1n) is 24.2. The van der Waals surface area contributed by atoms with Crippen molar-refractivity contribution in [3.05, 3.63) is 94.9 Å². The van der Waals surface area contributed by atoms with E-state index in [1.807, 2.05) is 36.4 Å². The second kappa shape index (κ2) is 22.9. The van der Waals surface area contributed by atoms with E-state index < -0.39 is 90.6 Å². The number of nitrogens with one attached hydrogen (secondary N) is 1. The highest BCUT2D eigenvalue weighted by Crippen LogP contribution is 2.46. The van der Waals surface area contributed by atoms with Gasteiger partial charge in [-0.05, 0) is 102 Å². The van der Waals surface area contributed by atoms with E-state index in [0.717, 1.165) is 10.4 Å². The Morgan fingerprint density at radius 1 is 0.789 bits per heavy atom. The molecule has 18 heteroatoms. The molecule has 0 radical (unpaired) electrons. The number of ether oxygens (including phenoxy) is 5. The van der Waals surface area contributed by atoms with E-state index >= 15 is 0 Å². The topological polar surface area (TPSA) is 192 Å². The summed E-state index contributed by atoms with van der Waals surface area (Å²) in [6.07, 6.45) is -4.08. The van der Waals surface area contributed by atoms with Crippen LogP contribution in [0, 0.1) is 11.8 Å². The van der Waals surface area contributed by atoms with Gasteiger partial charge in [-0.3, -0.25) is 0 Å². The molecule has 392 valence electrons. The van der Waals surface area contributed by atoms with Gasteiger partial charge in [0.05, 0.1) is 52.9 Å². The Labute approximate surface area is 426 Å². The maximum absolute atomic E-state index is 13.6. The molecule has 1 amide bonds. The largest absolute Gasteiger partial charge is 0.493 e. The van der Waals surface area contributed by atoms with Crippen LogP contribution >= 0.6 is 0 Å². The fourth-order valence-electron chi connectivity index (χ4n) is 7.94. The Morgan fingerprint density at radius 3 is 1.76 bits per heavy atom. The molecule has 0 saturated carbocycles. The highest BCUT2D eigenvalue weighted by Gasteiger charge is 2.60. The molecular formula is C53H82N4O11Si3. The Hall–Kier alpha value is -4.23. The van der Waals surface area contributed by atoms with E-state index in [1.54, 1.807) is 39.0 Å². The summed E-state index contributed by atoms with van der Waals surface area (Å²) in [7, 11) is -5.78. The number of benzene rings is 3. The number of aliphatic hydroxyl groups is 2. The predicted molar refractivity (Wildman–Crippen MR) is 287 cm³/mol. The minimum absolute atomic E-state index is 0.00153. The monoisotopic (exact) mass is 1030 g/mol. The average Bonchev–Trinajstić information content (AvgIpc) is 3.26. The van der Waals surface area contributed by atoms with Crippen LogP contribution in [0.1, 0.15) is 88.6 Å². The van der Waals surface area contributed by atoms with E-state index in [1.165, 1.54) is 14.2 Å². The summed E-state index contributed by atoms with van der Waals surface area (Å²) in [4.78, 5) is 16.9. The molecular weight excluding hydrogens is 953 g/mol. The van der Waals surface area contributed by atoms with Crippen molar-refractivity contribution in [3.63, 3.8) is 0 Å². The fourth-order valence-corrected chi connectivity index (χ4v) is 15.1. The van der Waals surface area contributed by atoms with Gasteiger partial charge in [-0.15, -0.1) is 0 Å². The molecule has 1 saturated heterocycles. The number of nitrogens with zero attached hydrogens (tertiary/aromatic N) is 3. The molecule has 6 atom stereocenters. The van der Waals surface area contributed by atoms with Gasteiger partial charge in [0.15, 0.2) is 33.7 Å². The van der Waals surface area contributed by atoms with Gasteiger partial charge >= 0.3 is 6.09 Å². The van der Waals surface area contributed by atoms with E-state index in [2.05, 4.69) is 140 Å². The van der Waals surface area contributed by atoms with Crippen molar-refractivity contribution in [2.24, 2.45) is 5.11 Å². The van der Waals surface area contributed by atoms with E-state index in [-0.39, 0.29) is 23.3 Å². The quantitative estimate of drug-likeness (QED) is 0.0361. The molecule has 71 heavy (non-hydrogen) atoms. The van der Waals surface area contributed by atoms with Crippen molar-refractivity contribution in [3.8, 4) is 23.3 Å². The normalized spacial score (nSPS) is 21.2. The zero-order chi connectivity index (χ0) is 53.5. The Bertz CT molecular complexity index is 2310. The third-order valence-electron chi connectivity index (χ3n) is 13.8. The molecule has 0 bridgehead atoms. The first-order chi connectivity index (χ1) is 32.7. The number of hydrogen-bond acceptors (Lipinski definition) is 12. The summed E-state index contributed by atoms with van der Waals surface area (Å²) in [5.74, 6) is 4.20. The number of hydrogen-bond donors (Lipinski definition) is 3. The summed E-state index contributed by atoms with van der Waals surface area (Å²) >= 11 is 0. The summed E-state index contributed by atoms with van der Waals surface area (Å²) in [6.45, 7) is 31.4. The van der Waals surface area contributed by atoms with Crippen molar-refractivity contribution in [2.45, 2.75) is 172 Å². The SMILES string of the molecule is COc1ccc(COC[C@@](C#C[C@]2(O)O[C@H](CO[Si](c3ccccc3)(c3ccccc3)C(C)(C)C)[C@H](O[Si](C)(C)C(C)(C)C)[C@H](O[Si](C)(C)C(C)(C)C)[C@H]2N=[N+]=[N-])(CO)NC(=O)OC(C)(C)C)cc1OC. The number of aliphatic hydroxyl groups excluding tert-OH is 1. The highest BCUT2D eigenvalue weighted by molar-refractivity contribution is 6.99. The number of rotatable bonds is 18. The van der Waals surface area contributed by atoms with Crippen LogP contribution in [0.15, 0.2) is 84.0 Å². The van der Waals surface area contributed by atoms with Crippen LogP contribution in [-0.2, 0) is 34.1 Å². The number of carbonyl (C=O) groups is 1. The van der Waals surface area contributed by atoms with Crippen molar-refractivity contribution >= 4 is 41.4 Å². The molecule has 3 N–H and O–H groups in total. The maximum Gasteiger partial charge on any atom is 0.409 e. The summed E-state index contributed by atoms with van der Waals surface area (Å²) < 4.78 is 51.9. The fraction of sp³-hybridized carbons (Fsp3) is 0.604. The number of methoxy groups -OCH3 is 2. The van der Waals surface area contributed by atoms with E-state index in [0.29, 0.717) is 17.1 Å². The Morgan fingerprint density at radius 2 is 1.31 bits per heavy atom. The molecule has 15 nitrogen and oxygen atoms in total. The smallest absolute Gasteiger partial charge is 0.409 e. The second-order valence-corrected chi connectivity index (χ2v) is 37.3. The molecule has 4 rings (SSSR count). The zero-order valence-electron chi connectivity index (χ0n) is 45.6. The molecule has 1 aliphatic heterocycles. The maximum atomic E-state index is 13.6. The molecule has 0 spiro atoms. The van der Waals surface area contributed by atoms with Gasteiger partial charge in [0, 0.05) is 4.91 Å². The predicted octanol–water partition coefficient (Wildman–Crippen LogP) is 9.60. The van der Waals surface area contributed by atoms with Gasteiger partial charge in [-0.25, -0.2) is 4.79 Å². The molecule has 0 aliphatic carbocycles. The highest BCUT2D eigenvalue weighted by atomic mass is 28.4. The first kappa shape index (κ1) is 59.3. The molecule has 1 fully saturated rings. The van der Waals surface area contributed by atoms with Gasteiger partial charge in [0.1, 0.15) is 17.7 Å². The van der Waals surface area contributed by atoms with Crippen molar-refractivity contribution < 1.29 is 52.0 Å². The molecule has 0 unspecified atom stereocenters. The number of alkyl carbamates (subject to hydrolysis) is 1. The van der Waals surface area contributed by atoms with Gasteiger partial charge in [0.25, 0.3) is 8.32 Å². The molecule has 3 aromatic rings. The Kier molecular flexibility index (Phi) is 19.1. The van der Waals surface area contributed by atoms with Crippen molar-refractivity contribution in [2.75, 3.05) is 34.0 Å². The van der Waals surface area contributed by atoms with Crippen LogP contribution < -0.4 is 25.2 Å². The number of carbonyl (C=O) groups excluding carboxylic acids is 1. The molecule has 1 aliphatic rings. The zero-order valence-corrected chi connectivity index (χ0v) is 48.6. The van der Waals surface area contributed by atoms with Crippen LogP contribution in [0.2, 0.25) is 41.3 Å². The molecule has 3 aromatic carbocycles. The molecule has 1 heterocycles. The van der Waals surface area contributed by atoms with E-state index in [9.17, 15) is 20.5 Å². The lowest BCUT2D eigenvalue weighted by atomic mass is 9.90. The summed E-state index contributed by atoms with van der Waals surface area (Å²) in [6, 6.07) is 24.1. The minimum Gasteiger partial charge on any atom is -0.493 e. The third-order valence-corrected chi connectivity index (χ3v) is 27.8. The van der Waals surface area contributed by atoms with Crippen LogP contribution in [0.5, 0.6) is 11.5 Å². The standard InChI is InChI=1S/C53H82N4O11Si3/c1-48(2,3)66-47(59)55-52(36-58,37-63-34-38-29-30-41(61-13)42(33-38)62-14)31-32-53(60)46(56-57-54)45(68-70(17,18)50(7,8)9)44(67-69(15,16)49(4,5)6)43(65-53)35-64-71(51(10,11)12,39-25-21-19-22-26-39)40-27-23-20-24-28-40/h19-30,33,43-46,58,60H,34-37H2,1-18H3,(H,55,59)/t43-,44+,45+,46-,52-,53+/m1/s1. The summed E-state index contributed by atoms with van der Waals surface area (Å²) in [5.41, 5.74) is 8.24. The number of amides is 1. The lowest BCUT2D eigenvalue weighted by Gasteiger charge is -2.54. The van der Waals surface area contributed by atoms with E-state index in [4.69, 9.17) is 37.0 Å². The van der Waals surface area contributed by atoms with Crippen LogP contribution in [-0.4, -0.2) is 117 Å². The van der Waals surface area contributed by atoms with Crippen LogP contribution in [0.4, 0.5) is 4.79 Å². The van der Waals surface area contributed by atoms with Crippen molar-refractivity contribution in [1.82, 2.24) is 5.32 Å². The van der Waals surface area contributed by atoms with Crippen LogP contribution in [0.3, 0.4) is 0 Å². The average molecular weight is 1040 g/mol. The van der Waals surface area contributed by atoms with Gasteiger partial charge in [0.2, 0.25) is 5.79 Å².